The van der Waals surface area contributed by atoms with Crippen LogP contribution in [-0.4, -0.2) is 22.8 Å². The van der Waals surface area contributed by atoms with Gasteiger partial charge >= 0.3 is 0 Å². The van der Waals surface area contributed by atoms with Crippen molar-refractivity contribution in [2.24, 2.45) is 0 Å². The largest absolute Gasteiger partial charge is 0.312 e. The van der Waals surface area contributed by atoms with E-state index in [2.05, 4.69) is 17.4 Å². The monoisotopic (exact) mass is 301 g/mol. The first-order valence-electron chi connectivity index (χ1n) is 5.85. The van der Waals surface area contributed by atoms with Crippen molar-refractivity contribution in [3.05, 3.63) is 34.2 Å². The molecular weight excluding hydrogens is 286 g/mol. The number of fused-ring (bicyclic) bond motifs is 1. The van der Waals surface area contributed by atoms with E-state index in [1.54, 1.807) is 17.6 Å². The Kier molecular flexibility index (Phi) is 5.18. The van der Waals surface area contributed by atoms with Gasteiger partial charge in [-0.05, 0) is 19.0 Å². The summed E-state index contributed by atoms with van der Waals surface area (Å²) >= 11 is 8.08. The van der Waals surface area contributed by atoms with Gasteiger partial charge in [-0.3, -0.25) is 4.21 Å². The Hall–Kier alpha value is -0.420. The predicted octanol–water partition coefficient (Wildman–Crippen LogP) is 3.41. The first kappa shape index (κ1) is 14.0. The van der Waals surface area contributed by atoms with Crippen LogP contribution in [0.25, 0.3) is 10.1 Å². The van der Waals surface area contributed by atoms with Crippen molar-refractivity contribution in [3.63, 3.8) is 0 Å². The standard InChI is InChI=1S/C13H16ClNOS2/c1-18(16)8-4-7-15-9-12-13(14)10-5-2-3-6-11(10)17-12/h2-3,5-6,15H,4,7-9H2,1H3. The fraction of sp³-hybridized carbons (Fsp3) is 0.385. The number of hydrogen-bond donors (Lipinski definition) is 1. The van der Waals surface area contributed by atoms with Gasteiger partial charge in [-0.1, -0.05) is 29.8 Å². The highest BCUT2D eigenvalue weighted by Gasteiger charge is 2.08. The summed E-state index contributed by atoms with van der Waals surface area (Å²) in [5.74, 6) is 0.757. The summed E-state index contributed by atoms with van der Waals surface area (Å²) < 4.78 is 12.1. The molecule has 2 aromatic rings. The predicted molar refractivity (Wildman–Crippen MR) is 82.1 cm³/mol. The number of halogens is 1. The summed E-state index contributed by atoms with van der Waals surface area (Å²) in [6.07, 6.45) is 2.68. The van der Waals surface area contributed by atoms with Crippen molar-refractivity contribution in [2.45, 2.75) is 13.0 Å². The van der Waals surface area contributed by atoms with E-state index in [9.17, 15) is 4.21 Å². The van der Waals surface area contributed by atoms with Gasteiger partial charge in [-0.15, -0.1) is 11.3 Å². The average Bonchev–Trinajstić information content (AvgIpc) is 2.66. The second kappa shape index (κ2) is 6.66. The van der Waals surface area contributed by atoms with E-state index in [4.69, 9.17) is 11.6 Å². The van der Waals surface area contributed by atoms with Crippen LogP contribution in [-0.2, 0) is 17.3 Å². The van der Waals surface area contributed by atoms with E-state index in [1.165, 1.54) is 9.58 Å². The lowest BCUT2D eigenvalue weighted by Gasteiger charge is -2.02. The van der Waals surface area contributed by atoms with Crippen LogP contribution in [0, 0.1) is 0 Å². The summed E-state index contributed by atoms with van der Waals surface area (Å²) in [7, 11) is -0.694. The van der Waals surface area contributed by atoms with Crippen molar-refractivity contribution in [1.29, 1.82) is 0 Å². The minimum absolute atomic E-state index is 0.694. The minimum Gasteiger partial charge on any atom is -0.312 e. The molecule has 0 radical (unpaired) electrons. The van der Waals surface area contributed by atoms with Crippen LogP contribution in [0.2, 0.25) is 5.02 Å². The quantitative estimate of drug-likeness (QED) is 0.829. The van der Waals surface area contributed by atoms with Crippen LogP contribution in [0.15, 0.2) is 24.3 Å². The fourth-order valence-corrected chi connectivity index (χ4v) is 3.80. The Morgan fingerprint density at radius 2 is 2.17 bits per heavy atom. The topological polar surface area (TPSA) is 29.1 Å². The summed E-state index contributed by atoms with van der Waals surface area (Å²) in [5, 5.41) is 5.35. The number of hydrogen-bond acceptors (Lipinski definition) is 3. The highest BCUT2D eigenvalue weighted by Crippen LogP contribution is 2.34. The Morgan fingerprint density at radius 3 is 2.89 bits per heavy atom. The summed E-state index contributed by atoms with van der Waals surface area (Å²) in [6, 6.07) is 8.19. The Morgan fingerprint density at radius 1 is 1.39 bits per heavy atom. The third kappa shape index (κ3) is 3.54. The molecule has 0 saturated heterocycles. The molecule has 1 unspecified atom stereocenters. The van der Waals surface area contributed by atoms with Crippen molar-refractivity contribution < 1.29 is 4.21 Å². The molecule has 18 heavy (non-hydrogen) atoms. The van der Waals surface area contributed by atoms with Gasteiger partial charge in [-0.2, -0.15) is 0 Å². The zero-order valence-electron chi connectivity index (χ0n) is 10.2. The molecule has 0 saturated carbocycles. The average molecular weight is 302 g/mol. The lowest BCUT2D eigenvalue weighted by molar-refractivity contribution is 0.665. The smallest absolute Gasteiger partial charge is 0.0636 e. The number of thiophene rings is 1. The highest BCUT2D eigenvalue weighted by molar-refractivity contribution is 7.84. The maximum absolute atomic E-state index is 10.9. The molecule has 0 aliphatic heterocycles. The van der Waals surface area contributed by atoms with Crippen LogP contribution in [0.4, 0.5) is 0 Å². The zero-order valence-corrected chi connectivity index (χ0v) is 12.6. The number of rotatable bonds is 6. The molecule has 1 heterocycles. The number of nitrogens with one attached hydrogen (secondary N) is 1. The van der Waals surface area contributed by atoms with Crippen LogP contribution in [0.3, 0.4) is 0 Å². The van der Waals surface area contributed by atoms with Gasteiger partial charge < -0.3 is 5.32 Å². The van der Waals surface area contributed by atoms with Crippen molar-refractivity contribution in [3.8, 4) is 0 Å². The lowest BCUT2D eigenvalue weighted by atomic mass is 10.2. The van der Waals surface area contributed by atoms with E-state index in [-0.39, 0.29) is 0 Å². The second-order valence-electron chi connectivity index (χ2n) is 4.14. The minimum atomic E-state index is -0.694. The molecule has 98 valence electrons. The van der Waals surface area contributed by atoms with Crippen LogP contribution in [0.5, 0.6) is 0 Å². The van der Waals surface area contributed by atoms with Gasteiger partial charge in [0.1, 0.15) is 0 Å². The fourth-order valence-electron chi connectivity index (χ4n) is 1.78. The molecule has 0 amide bonds. The Bertz CT molecular complexity index is 553. The third-order valence-corrected chi connectivity index (χ3v) is 5.25. The lowest BCUT2D eigenvalue weighted by Crippen LogP contribution is -2.16. The Balaban J connectivity index is 1.91. The van der Waals surface area contributed by atoms with E-state index >= 15 is 0 Å². The normalized spacial score (nSPS) is 13.0. The van der Waals surface area contributed by atoms with Gasteiger partial charge in [0.05, 0.1) is 5.02 Å². The van der Waals surface area contributed by atoms with E-state index < -0.39 is 10.8 Å². The molecule has 5 heteroatoms. The molecule has 2 rings (SSSR count). The highest BCUT2D eigenvalue weighted by atomic mass is 35.5. The molecule has 0 bridgehead atoms. The third-order valence-electron chi connectivity index (χ3n) is 2.67. The van der Waals surface area contributed by atoms with Crippen molar-refractivity contribution in [2.75, 3.05) is 18.6 Å². The van der Waals surface area contributed by atoms with Gasteiger partial charge in [0.25, 0.3) is 0 Å². The molecule has 1 atom stereocenters. The molecule has 0 aliphatic carbocycles. The van der Waals surface area contributed by atoms with Crippen LogP contribution in [0.1, 0.15) is 11.3 Å². The summed E-state index contributed by atoms with van der Waals surface area (Å²) in [6.45, 7) is 1.67. The molecule has 1 N–H and O–H groups in total. The maximum atomic E-state index is 10.9. The molecule has 0 fully saturated rings. The van der Waals surface area contributed by atoms with Crippen molar-refractivity contribution >= 4 is 43.8 Å². The first-order valence-corrected chi connectivity index (χ1v) is 8.77. The maximum Gasteiger partial charge on any atom is 0.0636 e. The van der Waals surface area contributed by atoms with Gasteiger partial charge in [0.2, 0.25) is 0 Å². The number of benzene rings is 1. The van der Waals surface area contributed by atoms with Crippen LogP contribution < -0.4 is 5.32 Å². The van der Waals surface area contributed by atoms with Gasteiger partial charge in [0.15, 0.2) is 0 Å². The van der Waals surface area contributed by atoms with E-state index in [1.807, 2.05) is 12.1 Å². The van der Waals surface area contributed by atoms with Crippen LogP contribution >= 0.6 is 22.9 Å². The van der Waals surface area contributed by atoms with E-state index in [0.29, 0.717) is 0 Å². The zero-order chi connectivity index (χ0) is 13.0. The second-order valence-corrected chi connectivity index (χ2v) is 7.21. The molecule has 2 nitrogen and oxygen atoms in total. The molecular formula is C13H16ClNOS2. The van der Waals surface area contributed by atoms with E-state index in [0.717, 1.165) is 35.7 Å². The van der Waals surface area contributed by atoms with Gasteiger partial charge in [-0.25, -0.2) is 0 Å². The molecule has 1 aromatic carbocycles. The first-order chi connectivity index (χ1) is 8.68. The van der Waals surface area contributed by atoms with Crippen molar-refractivity contribution in [1.82, 2.24) is 5.32 Å². The summed E-state index contributed by atoms with van der Waals surface area (Å²) in [4.78, 5) is 1.18. The van der Waals surface area contributed by atoms with Gasteiger partial charge in [0, 0.05) is 44.3 Å². The molecule has 0 spiro atoms. The Labute approximate surface area is 119 Å². The molecule has 1 aromatic heterocycles. The summed E-state index contributed by atoms with van der Waals surface area (Å²) in [5.41, 5.74) is 0. The SMILES string of the molecule is CS(=O)CCCNCc1sc2ccccc2c1Cl. The molecule has 0 aliphatic rings.